The molecule has 0 bridgehead atoms. The summed E-state index contributed by atoms with van der Waals surface area (Å²) in [7, 11) is 6.83. The summed E-state index contributed by atoms with van der Waals surface area (Å²) >= 11 is 0. The second-order valence-corrected chi connectivity index (χ2v) is 3.21. The predicted octanol–water partition coefficient (Wildman–Crippen LogP) is 1.91. The van der Waals surface area contributed by atoms with Crippen LogP contribution in [-0.2, 0) is 4.74 Å². The van der Waals surface area contributed by atoms with Crippen LogP contribution >= 0.6 is 21.7 Å². The minimum absolute atomic E-state index is 0.720. The SMILES string of the molecule is ClSCC1CCOC1. The van der Waals surface area contributed by atoms with Crippen LogP contribution in [0.1, 0.15) is 6.42 Å². The molecule has 1 rings (SSSR count). The van der Waals surface area contributed by atoms with Gasteiger partial charge in [0.25, 0.3) is 0 Å². The standard InChI is InChI=1S/C5H9ClOS/c6-8-4-5-1-2-7-3-5/h5H,1-4H2. The summed E-state index contributed by atoms with van der Waals surface area (Å²) in [5.74, 6) is 1.76. The second-order valence-electron chi connectivity index (χ2n) is 2.01. The smallest absolute Gasteiger partial charge is 0.0503 e. The summed E-state index contributed by atoms with van der Waals surface area (Å²) in [6.45, 7) is 1.85. The van der Waals surface area contributed by atoms with Gasteiger partial charge in [0.1, 0.15) is 0 Å². The van der Waals surface area contributed by atoms with Crippen molar-refractivity contribution in [2.24, 2.45) is 5.92 Å². The Morgan fingerprint density at radius 1 is 1.75 bits per heavy atom. The lowest BCUT2D eigenvalue weighted by molar-refractivity contribution is 0.189. The van der Waals surface area contributed by atoms with E-state index in [9.17, 15) is 0 Å². The van der Waals surface area contributed by atoms with Crippen molar-refractivity contribution >= 4 is 21.7 Å². The van der Waals surface area contributed by atoms with E-state index in [1.807, 2.05) is 0 Å². The number of ether oxygens (including phenoxy) is 1. The minimum atomic E-state index is 0.720. The van der Waals surface area contributed by atoms with Crippen molar-refractivity contribution in [1.29, 1.82) is 0 Å². The lowest BCUT2D eigenvalue weighted by Gasteiger charge is -1.99. The average molecular weight is 153 g/mol. The van der Waals surface area contributed by atoms with Crippen LogP contribution in [0.15, 0.2) is 0 Å². The summed E-state index contributed by atoms with van der Waals surface area (Å²) in [5, 5.41) is 0. The Balaban J connectivity index is 2.06. The average Bonchev–Trinajstić information content (AvgIpc) is 2.19. The number of hydrogen-bond donors (Lipinski definition) is 0. The molecule has 0 aromatic carbocycles. The van der Waals surface area contributed by atoms with Gasteiger partial charge in [-0.25, -0.2) is 0 Å². The molecule has 1 unspecified atom stereocenters. The number of halogens is 1. The lowest BCUT2D eigenvalue weighted by Crippen LogP contribution is -2.00. The van der Waals surface area contributed by atoms with Crippen LogP contribution in [0.25, 0.3) is 0 Å². The van der Waals surface area contributed by atoms with Crippen LogP contribution in [0.2, 0.25) is 0 Å². The van der Waals surface area contributed by atoms with Crippen molar-refractivity contribution in [2.75, 3.05) is 19.0 Å². The molecule has 0 aliphatic carbocycles. The van der Waals surface area contributed by atoms with Gasteiger partial charge in [-0.2, -0.15) is 0 Å². The van der Waals surface area contributed by atoms with Crippen LogP contribution in [0.3, 0.4) is 0 Å². The number of rotatable bonds is 2. The quantitative estimate of drug-likeness (QED) is 0.598. The van der Waals surface area contributed by atoms with Crippen molar-refractivity contribution in [3.63, 3.8) is 0 Å². The molecule has 1 aliphatic heterocycles. The Morgan fingerprint density at radius 2 is 2.62 bits per heavy atom. The van der Waals surface area contributed by atoms with E-state index in [1.54, 1.807) is 0 Å². The predicted molar refractivity (Wildman–Crippen MR) is 37.2 cm³/mol. The fraction of sp³-hybridized carbons (Fsp3) is 1.00. The van der Waals surface area contributed by atoms with Crippen LogP contribution in [0.5, 0.6) is 0 Å². The largest absolute Gasteiger partial charge is 0.381 e. The molecule has 1 saturated heterocycles. The lowest BCUT2D eigenvalue weighted by atomic mass is 10.2. The van der Waals surface area contributed by atoms with Gasteiger partial charge < -0.3 is 4.74 Å². The molecule has 1 fully saturated rings. The van der Waals surface area contributed by atoms with E-state index in [4.69, 9.17) is 15.4 Å². The van der Waals surface area contributed by atoms with Crippen LogP contribution in [-0.4, -0.2) is 19.0 Å². The molecule has 0 aromatic heterocycles. The maximum Gasteiger partial charge on any atom is 0.0503 e. The molecule has 0 aromatic rings. The van der Waals surface area contributed by atoms with Crippen LogP contribution in [0, 0.1) is 5.92 Å². The second kappa shape index (κ2) is 3.59. The Kier molecular flexibility index (Phi) is 3.02. The highest BCUT2D eigenvalue weighted by molar-refractivity contribution is 8.21. The van der Waals surface area contributed by atoms with E-state index in [2.05, 4.69) is 0 Å². The molecule has 0 radical (unpaired) electrons. The molecule has 0 N–H and O–H groups in total. The zero-order valence-electron chi connectivity index (χ0n) is 4.60. The maximum absolute atomic E-state index is 5.44. The van der Waals surface area contributed by atoms with Crippen molar-refractivity contribution in [1.82, 2.24) is 0 Å². The molecule has 8 heavy (non-hydrogen) atoms. The Bertz CT molecular complexity index is 63.4. The summed E-state index contributed by atoms with van der Waals surface area (Å²) in [4.78, 5) is 0. The molecule has 0 amide bonds. The van der Waals surface area contributed by atoms with Gasteiger partial charge in [-0.15, -0.1) is 0 Å². The van der Waals surface area contributed by atoms with Crippen molar-refractivity contribution in [2.45, 2.75) is 6.42 Å². The molecular formula is C5H9ClOS. The Hall–Kier alpha value is 0.600. The molecule has 1 aliphatic rings. The summed E-state index contributed by atoms with van der Waals surface area (Å²) in [5.41, 5.74) is 0. The fourth-order valence-electron chi connectivity index (χ4n) is 0.804. The van der Waals surface area contributed by atoms with E-state index in [-0.39, 0.29) is 0 Å². The first-order valence-corrected chi connectivity index (χ1v) is 4.56. The molecule has 0 spiro atoms. The number of hydrogen-bond acceptors (Lipinski definition) is 2. The molecule has 1 heterocycles. The van der Waals surface area contributed by atoms with Gasteiger partial charge in [0.2, 0.25) is 0 Å². The first kappa shape index (κ1) is 6.72. The third-order valence-corrected chi connectivity index (χ3v) is 2.30. The van der Waals surface area contributed by atoms with Crippen LogP contribution < -0.4 is 0 Å². The first-order valence-electron chi connectivity index (χ1n) is 2.75. The topological polar surface area (TPSA) is 9.23 Å². The monoisotopic (exact) mass is 152 g/mol. The molecule has 1 nitrogen and oxygen atoms in total. The van der Waals surface area contributed by atoms with Crippen molar-refractivity contribution in [3.05, 3.63) is 0 Å². The zero-order valence-corrected chi connectivity index (χ0v) is 6.17. The van der Waals surface area contributed by atoms with Gasteiger partial charge in [-0.05, 0) is 23.0 Å². The highest BCUT2D eigenvalue weighted by Gasteiger charge is 2.14. The third kappa shape index (κ3) is 1.84. The van der Waals surface area contributed by atoms with E-state index in [0.717, 1.165) is 24.9 Å². The van der Waals surface area contributed by atoms with Crippen molar-refractivity contribution < 1.29 is 4.74 Å². The third-order valence-electron chi connectivity index (χ3n) is 1.32. The normalized spacial score (nSPS) is 28.9. The van der Waals surface area contributed by atoms with Gasteiger partial charge in [-0.3, -0.25) is 0 Å². The fourth-order valence-corrected chi connectivity index (χ4v) is 1.78. The summed E-state index contributed by atoms with van der Waals surface area (Å²) < 4.78 is 5.14. The molecule has 3 heteroatoms. The molecule has 48 valence electrons. The van der Waals surface area contributed by atoms with E-state index in [1.165, 1.54) is 17.4 Å². The molecular weight excluding hydrogens is 144 g/mol. The summed E-state index contributed by atoms with van der Waals surface area (Å²) in [6.07, 6.45) is 1.19. The zero-order chi connectivity index (χ0) is 5.82. The van der Waals surface area contributed by atoms with Gasteiger partial charge >= 0.3 is 0 Å². The van der Waals surface area contributed by atoms with Gasteiger partial charge in [-0.1, -0.05) is 11.0 Å². The van der Waals surface area contributed by atoms with Crippen LogP contribution in [0.4, 0.5) is 0 Å². The van der Waals surface area contributed by atoms with Gasteiger partial charge in [0.05, 0.1) is 6.61 Å². The molecule has 1 atom stereocenters. The maximum atomic E-state index is 5.44. The van der Waals surface area contributed by atoms with Gasteiger partial charge in [0, 0.05) is 12.4 Å². The Morgan fingerprint density at radius 3 is 3.12 bits per heavy atom. The van der Waals surface area contributed by atoms with Crippen molar-refractivity contribution in [3.8, 4) is 0 Å². The highest BCUT2D eigenvalue weighted by Crippen LogP contribution is 2.19. The van der Waals surface area contributed by atoms with E-state index < -0.39 is 0 Å². The Labute approximate surface area is 58.2 Å². The molecule has 0 saturated carbocycles. The highest BCUT2D eigenvalue weighted by atomic mass is 35.7. The minimum Gasteiger partial charge on any atom is -0.381 e. The first-order chi connectivity index (χ1) is 3.93. The van der Waals surface area contributed by atoms with E-state index >= 15 is 0 Å². The van der Waals surface area contributed by atoms with Gasteiger partial charge in [0.15, 0.2) is 0 Å². The van der Waals surface area contributed by atoms with E-state index in [0.29, 0.717) is 0 Å². The summed E-state index contributed by atoms with van der Waals surface area (Å²) in [6, 6.07) is 0.